The summed E-state index contributed by atoms with van der Waals surface area (Å²) < 4.78 is 5.15. The monoisotopic (exact) mass is 263 g/mol. The Hall–Kier alpha value is -1.87. The molecule has 2 N–H and O–H groups in total. The van der Waals surface area contributed by atoms with Gasteiger partial charge in [0.1, 0.15) is 11.5 Å². The van der Waals surface area contributed by atoms with Crippen LogP contribution < -0.4 is 10.1 Å². The van der Waals surface area contributed by atoms with E-state index in [0.717, 1.165) is 17.0 Å². The van der Waals surface area contributed by atoms with Crippen LogP contribution in [-0.2, 0) is 6.54 Å². The lowest BCUT2D eigenvalue weighted by Crippen LogP contribution is -2.00. The van der Waals surface area contributed by atoms with Crippen LogP contribution in [0.25, 0.3) is 0 Å². The van der Waals surface area contributed by atoms with E-state index in [4.69, 9.17) is 16.3 Å². The zero-order valence-corrected chi connectivity index (χ0v) is 10.7. The first kappa shape index (κ1) is 12.6. The first-order chi connectivity index (χ1) is 8.69. The van der Waals surface area contributed by atoms with E-state index >= 15 is 0 Å². The van der Waals surface area contributed by atoms with E-state index in [0.29, 0.717) is 11.6 Å². The Kier molecular flexibility index (Phi) is 3.95. The number of phenols is 1. The molecular formula is C14H14ClNO2. The van der Waals surface area contributed by atoms with Gasteiger partial charge in [-0.1, -0.05) is 23.7 Å². The second-order valence-corrected chi connectivity index (χ2v) is 4.27. The largest absolute Gasteiger partial charge is 0.508 e. The van der Waals surface area contributed by atoms with Gasteiger partial charge in [-0.3, -0.25) is 0 Å². The van der Waals surface area contributed by atoms with Crippen LogP contribution in [-0.4, -0.2) is 12.2 Å². The normalized spacial score (nSPS) is 10.1. The van der Waals surface area contributed by atoms with Crippen LogP contribution >= 0.6 is 11.6 Å². The second-order valence-electron chi connectivity index (χ2n) is 3.87. The molecule has 0 heterocycles. The van der Waals surface area contributed by atoms with Crippen molar-refractivity contribution < 1.29 is 9.84 Å². The second kappa shape index (κ2) is 5.65. The lowest BCUT2D eigenvalue weighted by Gasteiger charge is -2.10. The summed E-state index contributed by atoms with van der Waals surface area (Å²) in [6, 6.07) is 12.5. The average molecular weight is 264 g/mol. The van der Waals surface area contributed by atoms with E-state index in [1.54, 1.807) is 25.3 Å². The maximum absolute atomic E-state index is 9.20. The van der Waals surface area contributed by atoms with E-state index in [2.05, 4.69) is 5.32 Å². The minimum Gasteiger partial charge on any atom is -0.508 e. The van der Waals surface area contributed by atoms with Crippen LogP contribution in [0.3, 0.4) is 0 Å². The van der Waals surface area contributed by atoms with Gasteiger partial charge >= 0.3 is 0 Å². The molecule has 0 aliphatic carbocycles. The third kappa shape index (κ3) is 3.08. The fourth-order valence-electron chi connectivity index (χ4n) is 1.58. The van der Waals surface area contributed by atoms with Gasteiger partial charge in [-0.15, -0.1) is 0 Å². The number of phenolic OH excluding ortho intramolecular Hbond substituents is 1. The topological polar surface area (TPSA) is 41.5 Å². The van der Waals surface area contributed by atoms with Gasteiger partial charge in [0.25, 0.3) is 0 Å². The molecule has 0 bridgehead atoms. The highest BCUT2D eigenvalue weighted by atomic mass is 35.5. The molecule has 0 radical (unpaired) electrons. The molecule has 0 amide bonds. The van der Waals surface area contributed by atoms with E-state index in [1.807, 2.05) is 24.3 Å². The quantitative estimate of drug-likeness (QED) is 0.884. The van der Waals surface area contributed by atoms with Crippen molar-refractivity contribution in [1.29, 1.82) is 0 Å². The van der Waals surface area contributed by atoms with Gasteiger partial charge in [-0.25, -0.2) is 0 Å². The van der Waals surface area contributed by atoms with Gasteiger partial charge < -0.3 is 15.2 Å². The lowest BCUT2D eigenvalue weighted by molar-refractivity contribution is 0.415. The van der Waals surface area contributed by atoms with E-state index in [1.165, 1.54) is 0 Å². The van der Waals surface area contributed by atoms with Gasteiger partial charge in [0.15, 0.2) is 0 Å². The number of hydrogen-bond acceptors (Lipinski definition) is 3. The molecule has 0 saturated heterocycles. The van der Waals surface area contributed by atoms with Crippen LogP contribution in [0, 0.1) is 0 Å². The Morgan fingerprint density at radius 3 is 2.56 bits per heavy atom. The summed E-state index contributed by atoms with van der Waals surface area (Å²) in [5.74, 6) is 1.02. The van der Waals surface area contributed by atoms with E-state index in [9.17, 15) is 5.11 Å². The van der Waals surface area contributed by atoms with Gasteiger partial charge in [0.05, 0.1) is 17.8 Å². The summed E-state index contributed by atoms with van der Waals surface area (Å²) in [6.45, 7) is 0.632. The van der Waals surface area contributed by atoms with Crippen molar-refractivity contribution in [2.24, 2.45) is 0 Å². The summed E-state index contributed by atoms with van der Waals surface area (Å²) in [6.07, 6.45) is 0. The minimum atomic E-state index is 0.262. The number of rotatable bonds is 4. The van der Waals surface area contributed by atoms with Crippen molar-refractivity contribution in [3.8, 4) is 11.5 Å². The first-order valence-corrected chi connectivity index (χ1v) is 5.92. The van der Waals surface area contributed by atoms with Crippen molar-refractivity contribution in [2.45, 2.75) is 6.54 Å². The van der Waals surface area contributed by atoms with Gasteiger partial charge in [-0.2, -0.15) is 0 Å². The Labute approximate surface area is 111 Å². The van der Waals surface area contributed by atoms with Crippen molar-refractivity contribution in [3.63, 3.8) is 0 Å². The number of hydrogen-bond donors (Lipinski definition) is 2. The summed E-state index contributed by atoms with van der Waals surface area (Å²) >= 11 is 6.09. The SMILES string of the molecule is COc1ccc(Cl)c(NCc2ccc(O)cc2)c1. The van der Waals surface area contributed by atoms with Crippen LogP contribution in [0.2, 0.25) is 5.02 Å². The zero-order chi connectivity index (χ0) is 13.0. The number of methoxy groups -OCH3 is 1. The van der Waals surface area contributed by atoms with Gasteiger partial charge in [0, 0.05) is 12.6 Å². The molecule has 3 nitrogen and oxygen atoms in total. The third-order valence-corrected chi connectivity index (χ3v) is 2.92. The number of aromatic hydroxyl groups is 1. The maximum atomic E-state index is 9.20. The smallest absolute Gasteiger partial charge is 0.121 e. The lowest BCUT2D eigenvalue weighted by atomic mass is 10.2. The van der Waals surface area contributed by atoms with Crippen LogP contribution in [0.4, 0.5) is 5.69 Å². The molecule has 4 heteroatoms. The molecule has 2 aromatic carbocycles. The third-order valence-electron chi connectivity index (χ3n) is 2.59. The van der Waals surface area contributed by atoms with Crippen LogP contribution in [0.5, 0.6) is 11.5 Å². The Morgan fingerprint density at radius 2 is 1.89 bits per heavy atom. The highest BCUT2D eigenvalue weighted by Crippen LogP contribution is 2.27. The van der Waals surface area contributed by atoms with Crippen LogP contribution in [0.1, 0.15) is 5.56 Å². The molecule has 0 spiro atoms. The summed E-state index contributed by atoms with van der Waals surface area (Å²) in [5, 5.41) is 13.1. The average Bonchev–Trinajstić information content (AvgIpc) is 2.40. The molecule has 0 unspecified atom stereocenters. The molecule has 94 valence electrons. The van der Waals surface area contributed by atoms with E-state index < -0.39 is 0 Å². The van der Waals surface area contributed by atoms with Crippen molar-refractivity contribution in [3.05, 3.63) is 53.1 Å². The number of benzene rings is 2. The first-order valence-electron chi connectivity index (χ1n) is 5.54. The molecule has 0 atom stereocenters. The number of nitrogens with one attached hydrogen (secondary N) is 1. The fourth-order valence-corrected chi connectivity index (χ4v) is 1.76. The van der Waals surface area contributed by atoms with Gasteiger partial charge in [0.2, 0.25) is 0 Å². The highest BCUT2D eigenvalue weighted by Gasteiger charge is 2.02. The standard InChI is InChI=1S/C14H14ClNO2/c1-18-12-6-7-13(15)14(8-12)16-9-10-2-4-11(17)5-3-10/h2-8,16-17H,9H2,1H3. The minimum absolute atomic E-state index is 0.262. The number of ether oxygens (including phenoxy) is 1. The molecule has 0 aromatic heterocycles. The Balaban J connectivity index is 2.07. The van der Waals surface area contributed by atoms with Crippen molar-refractivity contribution in [1.82, 2.24) is 0 Å². The molecule has 0 saturated carbocycles. The van der Waals surface area contributed by atoms with Crippen LogP contribution in [0.15, 0.2) is 42.5 Å². The fraction of sp³-hybridized carbons (Fsp3) is 0.143. The molecule has 2 aromatic rings. The summed E-state index contributed by atoms with van der Waals surface area (Å²) in [7, 11) is 1.62. The number of halogens is 1. The molecule has 18 heavy (non-hydrogen) atoms. The molecule has 0 fully saturated rings. The van der Waals surface area contributed by atoms with Crippen molar-refractivity contribution >= 4 is 17.3 Å². The zero-order valence-electron chi connectivity index (χ0n) is 9.98. The molecule has 0 aliphatic rings. The Morgan fingerprint density at radius 1 is 1.17 bits per heavy atom. The summed E-state index contributed by atoms with van der Waals surface area (Å²) in [4.78, 5) is 0. The maximum Gasteiger partial charge on any atom is 0.121 e. The molecule has 2 rings (SSSR count). The highest BCUT2D eigenvalue weighted by molar-refractivity contribution is 6.33. The Bertz CT molecular complexity index is 526. The van der Waals surface area contributed by atoms with Gasteiger partial charge in [-0.05, 0) is 29.8 Å². The predicted molar refractivity (Wildman–Crippen MR) is 73.4 cm³/mol. The van der Waals surface area contributed by atoms with Crippen molar-refractivity contribution in [2.75, 3.05) is 12.4 Å². The van der Waals surface area contributed by atoms with E-state index in [-0.39, 0.29) is 5.75 Å². The molecule has 0 aliphatic heterocycles. The predicted octanol–water partition coefficient (Wildman–Crippen LogP) is 3.67. The summed E-state index contributed by atoms with van der Waals surface area (Å²) in [5.41, 5.74) is 1.88. The number of anilines is 1. The molecular weight excluding hydrogens is 250 g/mol.